The van der Waals surface area contributed by atoms with Crippen LogP contribution in [-0.2, 0) is 0 Å². The molecule has 0 aliphatic heterocycles. The minimum absolute atomic E-state index is 0.762. The predicted octanol–water partition coefficient (Wildman–Crippen LogP) is 4.06. The number of hydrogen-bond donors (Lipinski definition) is 0. The smallest absolute Gasteiger partial charge is 0.0994 e. The molecular weight excluding hydrogens is 170 g/mol. The summed E-state index contributed by atoms with van der Waals surface area (Å²) in [6, 6.07) is 9.63. The Balaban J connectivity index is 0.000000292. The maximum atomic E-state index is 8.47. The first kappa shape index (κ1) is 12.7. The first-order chi connectivity index (χ1) is 6.76. The van der Waals surface area contributed by atoms with Crippen LogP contribution in [0.4, 0.5) is 0 Å². The quantitative estimate of drug-likeness (QED) is 0.688. The molecule has 0 radical (unpaired) electrons. The number of nitriles is 1. The lowest BCUT2D eigenvalue weighted by Crippen LogP contribution is -1.77. The zero-order valence-corrected chi connectivity index (χ0v) is 9.38. The molecule has 0 spiro atoms. The lowest BCUT2D eigenvalue weighted by Gasteiger charge is -1.90. The topological polar surface area (TPSA) is 23.8 Å². The number of unbranched alkanes of at least 4 members (excludes halogenated alkanes) is 2. The van der Waals surface area contributed by atoms with Gasteiger partial charge in [0, 0.05) is 0 Å². The summed E-state index contributed by atoms with van der Waals surface area (Å²) in [5.41, 5.74) is 1.80. The first-order valence-corrected chi connectivity index (χ1v) is 5.22. The predicted molar refractivity (Wildman–Crippen MR) is 61.1 cm³/mol. The van der Waals surface area contributed by atoms with Crippen molar-refractivity contribution in [3.05, 3.63) is 35.4 Å². The van der Waals surface area contributed by atoms with E-state index >= 15 is 0 Å². The van der Waals surface area contributed by atoms with Crippen molar-refractivity contribution in [1.82, 2.24) is 0 Å². The summed E-state index contributed by atoms with van der Waals surface area (Å²) in [6.07, 6.45) is 4.08. The molecule has 0 amide bonds. The molecule has 0 N–H and O–H groups in total. The summed E-state index contributed by atoms with van der Waals surface area (Å²) in [5.74, 6) is 0. The van der Waals surface area contributed by atoms with Gasteiger partial charge in [0.25, 0.3) is 0 Å². The Labute approximate surface area is 87.4 Å². The second-order valence-corrected chi connectivity index (χ2v) is 3.28. The molecular formula is C13H19N. The average Bonchev–Trinajstić information content (AvgIpc) is 2.21. The molecule has 1 heteroatoms. The maximum absolute atomic E-state index is 8.47. The Bertz CT molecular complexity index is 282. The molecule has 0 aromatic heterocycles. The maximum Gasteiger partial charge on any atom is 0.0994 e. The van der Waals surface area contributed by atoms with Gasteiger partial charge in [0.15, 0.2) is 0 Å². The van der Waals surface area contributed by atoms with Crippen LogP contribution in [0.2, 0.25) is 0 Å². The Kier molecular flexibility index (Phi) is 7.55. The zero-order valence-electron chi connectivity index (χ0n) is 9.38. The molecule has 1 aromatic rings. The monoisotopic (exact) mass is 189 g/mol. The Morgan fingerprint density at radius 2 is 1.71 bits per heavy atom. The molecule has 1 nitrogen and oxygen atoms in total. The third-order valence-electron chi connectivity index (χ3n) is 1.97. The highest BCUT2D eigenvalue weighted by Crippen LogP contribution is 2.03. The standard InChI is InChI=1S/C8H7N.C5H12/c1-7-4-2-3-5-8(7)6-9;1-3-5-4-2/h2-5H,1H3;3-5H2,1-2H3. The highest BCUT2D eigenvalue weighted by atomic mass is 14.2. The summed E-state index contributed by atoms with van der Waals surface area (Å²) in [5, 5.41) is 8.47. The van der Waals surface area contributed by atoms with Gasteiger partial charge in [-0.3, -0.25) is 0 Å². The fourth-order valence-corrected chi connectivity index (χ4v) is 1.05. The van der Waals surface area contributed by atoms with Crippen LogP contribution in [0.5, 0.6) is 0 Å². The average molecular weight is 189 g/mol. The van der Waals surface area contributed by atoms with Crippen molar-refractivity contribution in [2.45, 2.75) is 40.0 Å². The van der Waals surface area contributed by atoms with Crippen LogP contribution >= 0.6 is 0 Å². The number of rotatable bonds is 2. The summed E-state index contributed by atoms with van der Waals surface area (Å²) in [4.78, 5) is 0. The van der Waals surface area contributed by atoms with E-state index in [2.05, 4.69) is 19.9 Å². The lowest BCUT2D eigenvalue weighted by atomic mass is 10.1. The van der Waals surface area contributed by atoms with Crippen LogP contribution < -0.4 is 0 Å². The molecule has 0 saturated carbocycles. The van der Waals surface area contributed by atoms with E-state index in [0.29, 0.717) is 0 Å². The molecule has 0 atom stereocenters. The van der Waals surface area contributed by atoms with Gasteiger partial charge in [0.2, 0.25) is 0 Å². The van der Waals surface area contributed by atoms with E-state index in [1.54, 1.807) is 0 Å². The SMILES string of the molecule is CCCCC.Cc1ccccc1C#N. The van der Waals surface area contributed by atoms with E-state index in [1.807, 2.05) is 31.2 Å². The van der Waals surface area contributed by atoms with Gasteiger partial charge in [-0.1, -0.05) is 51.3 Å². The molecule has 0 heterocycles. The van der Waals surface area contributed by atoms with Gasteiger partial charge in [0.1, 0.15) is 0 Å². The van der Waals surface area contributed by atoms with Crippen LogP contribution in [0.15, 0.2) is 24.3 Å². The van der Waals surface area contributed by atoms with E-state index in [1.165, 1.54) is 19.3 Å². The molecule has 0 saturated heterocycles. The Morgan fingerprint density at radius 1 is 1.14 bits per heavy atom. The van der Waals surface area contributed by atoms with Gasteiger partial charge < -0.3 is 0 Å². The normalized spacial score (nSPS) is 8.43. The minimum Gasteiger partial charge on any atom is -0.192 e. The first-order valence-electron chi connectivity index (χ1n) is 5.22. The van der Waals surface area contributed by atoms with E-state index in [9.17, 15) is 0 Å². The van der Waals surface area contributed by atoms with Gasteiger partial charge in [0.05, 0.1) is 11.6 Å². The van der Waals surface area contributed by atoms with Gasteiger partial charge in [-0.15, -0.1) is 0 Å². The third kappa shape index (κ3) is 5.37. The van der Waals surface area contributed by atoms with Crippen LogP contribution in [0.1, 0.15) is 44.2 Å². The van der Waals surface area contributed by atoms with Crippen molar-refractivity contribution in [3.63, 3.8) is 0 Å². The molecule has 0 aliphatic carbocycles. The van der Waals surface area contributed by atoms with Crippen molar-refractivity contribution in [2.24, 2.45) is 0 Å². The second kappa shape index (κ2) is 8.31. The summed E-state index contributed by atoms with van der Waals surface area (Å²) in [6.45, 7) is 6.35. The molecule has 0 unspecified atom stereocenters. The molecule has 76 valence electrons. The van der Waals surface area contributed by atoms with Crippen molar-refractivity contribution in [3.8, 4) is 6.07 Å². The fraction of sp³-hybridized carbons (Fsp3) is 0.462. The molecule has 0 fully saturated rings. The van der Waals surface area contributed by atoms with E-state index in [-0.39, 0.29) is 0 Å². The number of nitrogens with zero attached hydrogens (tertiary/aromatic N) is 1. The second-order valence-electron chi connectivity index (χ2n) is 3.28. The van der Waals surface area contributed by atoms with Crippen molar-refractivity contribution in [2.75, 3.05) is 0 Å². The van der Waals surface area contributed by atoms with Gasteiger partial charge in [-0.05, 0) is 18.6 Å². The highest BCUT2D eigenvalue weighted by Gasteiger charge is 1.90. The zero-order chi connectivity index (χ0) is 10.8. The van der Waals surface area contributed by atoms with Crippen LogP contribution in [-0.4, -0.2) is 0 Å². The summed E-state index contributed by atoms with van der Waals surface area (Å²) >= 11 is 0. The number of aryl methyl sites for hydroxylation is 1. The van der Waals surface area contributed by atoms with E-state index in [0.717, 1.165) is 11.1 Å². The van der Waals surface area contributed by atoms with Crippen LogP contribution in [0, 0.1) is 18.3 Å². The largest absolute Gasteiger partial charge is 0.192 e. The number of benzene rings is 1. The minimum atomic E-state index is 0.762. The fourth-order valence-electron chi connectivity index (χ4n) is 1.05. The van der Waals surface area contributed by atoms with Crippen LogP contribution in [0.25, 0.3) is 0 Å². The molecule has 1 rings (SSSR count). The van der Waals surface area contributed by atoms with Crippen LogP contribution in [0.3, 0.4) is 0 Å². The highest BCUT2D eigenvalue weighted by molar-refractivity contribution is 5.35. The van der Waals surface area contributed by atoms with Gasteiger partial charge in [-0.2, -0.15) is 5.26 Å². The molecule has 1 aromatic carbocycles. The molecule has 14 heavy (non-hydrogen) atoms. The number of hydrogen-bond acceptors (Lipinski definition) is 1. The summed E-state index contributed by atoms with van der Waals surface area (Å²) in [7, 11) is 0. The van der Waals surface area contributed by atoms with Crippen molar-refractivity contribution < 1.29 is 0 Å². The Morgan fingerprint density at radius 3 is 2.00 bits per heavy atom. The van der Waals surface area contributed by atoms with Crippen molar-refractivity contribution in [1.29, 1.82) is 5.26 Å². The summed E-state index contributed by atoms with van der Waals surface area (Å²) < 4.78 is 0. The third-order valence-corrected chi connectivity index (χ3v) is 1.97. The molecule has 0 bridgehead atoms. The Hall–Kier alpha value is -1.29. The van der Waals surface area contributed by atoms with E-state index in [4.69, 9.17) is 5.26 Å². The van der Waals surface area contributed by atoms with Crippen molar-refractivity contribution >= 4 is 0 Å². The molecule has 0 aliphatic rings. The van der Waals surface area contributed by atoms with Gasteiger partial charge >= 0.3 is 0 Å². The lowest BCUT2D eigenvalue weighted by molar-refractivity contribution is 0.772. The van der Waals surface area contributed by atoms with E-state index < -0.39 is 0 Å². The van der Waals surface area contributed by atoms with Gasteiger partial charge in [-0.25, -0.2) is 0 Å².